The molecule has 5 nitrogen and oxygen atoms in total. The number of ether oxygens (including phenoxy) is 1. The van der Waals surface area contributed by atoms with E-state index in [0.717, 1.165) is 38.2 Å². The highest BCUT2D eigenvalue weighted by Gasteiger charge is 2.26. The molecule has 2 fully saturated rings. The number of rotatable bonds is 3. The predicted molar refractivity (Wildman–Crippen MR) is 106 cm³/mol. The molecule has 0 radical (unpaired) electrons. The largest absolute Gasteiger partial charge is 0.378 e. The third-order valence-corrected chi connectivity index (χ3v) is 4.92. The van der Waals surface area contributed by atoms with Gasteiger partial charge in [-0.25, -0.2) is 0 Å². The van der Waals surface area contributed by atoms with Gasteiger partial charge in [0.25, 0.3) is 5.91 Å². The predicted octanol–water partition coefficient (Wildman–Crippen LogP) is 2.14. The summed E-state index contributed by atoms with van der Waals surface area (Å²) >= 11 is 0. The molecule has 1 amide bonds. The standard InChI is InChI=1S/C22H30N2O3/c1-22(2,26)10-9-18-7-5-8-19(15-18)21(25)24-13-6-14-27-20(17-24)16-23-11-3-4-12-23/h5,7-8,15,20,26H,3-4,6,11-14,16-17H2,1-2H3/t20-/m0/s1. The maximum absolute atomic E-state index is 13.0. The lowest BCUT2D eigenvalue weighted by Crippen LogP contribution is -2.41. The lowest BCUT2D eigenvalue weighted by molar-refractivity contribution is 0.0297. The van der Waals surface area contributed by atoms with Crippen LogP contribution >= 0.6 is 0 Å². The van der Waals surface area contributed by atoms with Crippen LogP contribution in [0.2, 0.25) is 0 Å². The maximum atomic E-state index is 13.0. The molecule has 3 rings (SSSR count). The number of hydrogen-bond donors (Lipinski definition) is 1. The van der Waals surface area contributed by atoms with E-state index in [9.17, 15) is 9.90 Å². The molecule has 146 valence electrons. The lowest BCUT2D eigenvalue weighted by atomic mass is 10.1. The van der Waals surface area contributed by atoms with Crippen molar-refractivity contribution in [3.63, 3.8) is 0 Å². The van der Waals surface area contributed by atoms with Crippen LogP contribution in [0.15, 0.2) is 24.3 Å². The number of benzene rings is 1. The first-order valence-corrected chi connectivity index (χ1v) is 9.89. The second-order valence-corrected chi connectivity index (χ2v) is 8.00. The number of carbonyl (C=O) groups is 1. The molecule has 5 heteroatoms. The summed E-state index contributed by atoms with van der Waals surface area (Å²) < 4.78 is 6.00. The van der Waals surface area contributed by atoms with Crippen molar-refractivity contribution < 1.29 is 14.6 Å². The molecular formula is C22H30N2O3. The van der Waals surface area contributed by atoms with Crippen molar-refractivity contribution in [3.05, 3.63) is 35.4 Å². The van der Waals surface area contributed by atoms with Crippen molar-refractivity contribution >= 4 is 5.91 Å². The van der Waals surface area contributed by atoms with E-state index in [2.05, 4.69) is 16.7 Å². The summed E-state index contributed by atoms with van der Waals surface area (Å²) in [5.41, 5.74) is 0.326. The van der Waals surface area contributed by atoms with Crippen molar-refractivity contribution in [3.8, 4) is 11.8 Å². The lowest BCUT2D eigenvalue weighted by Gasteiger charge is -2.27. The van der Waals surface area contributed by atoms with Crippen LogP contribution in [-0.2, 0) is 4.74 Å². The summed E-state index contributed by atoms with van der Waals surface area (Å²) in [4.78, 5) is 17.4. The highest BCUT2D eigenvalue weighted by molar-refractivity contribution is 5.94. The topological polar surface area (TPSA) is 53.0 Å². The Kier molecular flexibility index (Phi) is 6.54. The van der Waals surface area contributed by atoms with Crippen molar-refractivity contribution in [1.29, 1.82) is 0 Å². The Labute approximate surface area is 162 Å². The third kappa shape index (κ3) is 6.07. The molecule has 0 bridgehead atoms. The minimum absolute atomic E-state index is 0.0267. The third-order valence-electron chi connectivity index (χ3n) is 4.92. The van der Waals surface area contributed by atoms with Gasteiger partial charge in [-0.2, -0.15) is 0 Å². The maximum Gasteiger partial charge on any atom is 0.253 e. The van der Waals surface area contributed by atoms with Crippen molar-refractivity contribution in [1.82, 2.24) is 9.80 Å². The van der Waals surface area contributed by atoms with Gasteiger partial charge in [-0.05, 0) is 64.4 Å². The van der Waals surface area contributed by atoms with E-state index in [1.165, 1.54) is 12.8 Å². The van der Waals surface area contributed by atoms with Gasteiger partial charge in [0.1, 0.15) is 5.60 Å². The van der Waals surface area contributed by atoms with Crippen LogP contribution in [-0.4, -0.2) is 71.8 Å². The molecule has 0 aliphatic carbocycles. The van der Waals surface area contributed by atoms with Crippen LogP contribution in [0.4, 0.5) is 0 Å². The van der Waals surface area contributed by atoms with E-state index in [0.29, 0.717) is 18.7 Å². The van der Waals surface area contributed by atoms with Gasteiger partial charge < -0.3 is 19.6 Å². The summed E-state index contributed by atoms with van der Waals surface area (Å²) in [6.07, 6.45) is 3.45. The average molecular weight is 370 g/mol. The highest BCUT2D eigenvalue weighted by Crippen LogP contribution is 2.15. The number of likely N-dealkylation sites (tertiary alicyclic amines) is 1. The molecule has 0 unspecified atom stereocenters. The molecule has 1 aromatic rings. The van der Waals surface area contributed by atoms with E-state index in [1.54, 1.807) is 13.8 Å². The molecule has 0 saturated carbocycles. The normalized spacial score (nSPS) is 21.4. The van der Waals surface area contributed by atoms with Gasteiger partial charge >= 0.3 is 0 Å². The minimum Gasteiger partial charge on any atom is -0.378 e. The summed E-state index contributed by atoms with van der Waals surface area (Å²) in [6, 6.07) is 7.34. The van der Waals surface area contributed by atoms with Crippen LogP contribution in [0.5, 0.6) is 0 Å². The Balaban J connectivity index is 1.68. The Bertz CT molecular complexity index is 708. The molecular weight excluding hydrogens is 340 g/mol. The van der Waals surface area contributed by atoms with Crippen molar-refractivity contribution in [2.75, 3.05) is 39.3 Å². The summed E-state index contributed by atoms with van der Waals surface area (Å²) in [5, 5.41) is 9.77. The van der Waals surface area contributed by atoms with Crippen LogP contribution in [0.3, 0.4) is 0 Å². The van der Waals surface area contributed by atoms with Crippen LogP contribution in [0.1, 0.15) is 49.0 Å². The number of carbonyl (C=O) groups excluding carboxylic acids is 1. The fourth-order valence-corrected chi connectivity index (χ4v) is 3.58. The smallest absolute Gasteiger partial charge is 0.253 e. The van der Waals surface area contributed by atoms with Crippen molar-refractivity contribution in [2.45, 2.75) is 44.8 Å². The van der Waals surface area contributed by atoms with Gasteiger partial charge in [-0.3, -0.25) is 4.79 Å². The fourth-order valence-electron chi connectivity index (χ4n) is 3.58. The van der Waals surface area contributed by atoms with Gasteiger partial charge in [-0.1, -0.05) is 17.9 Å². The zero-order chi connectivity index (χ0) is 19.3. The summed E-state index contributed by atoms with van der Waals surface area (Å²) in [7, 11) is 0. The zero-order valence-electron chi connectivity index (χ0n) is 16.4. The quantitative estimate of drug-likeness (QED) is 0.829. The Morgan fingerprint density at radius 2 is 2.04 bits per heavy atom. The molecule has 2 aliphatic rings. The number of hydrogen-bond acceptors (Lipinski definition) is 4. The van der Waals surface area contributed by atoms with E-state index >= 15 is 0 Å². The molecule has 0 aromatic heterocycles. The van der Waals surface area contributed by atoms with Gasteiger partial charge in [0.15, 0.2) is 0 Å². The minimum atomic E-state index is -1.05. The Morgan fingerprint density at radius 3 is 2.78 bits per heavy atom. The molecule has 2 heterocycles. The second kappa shape index (κ2) is 8.88. The average Bonchev–Trinajstić information content (AvgIpc) is 3.03. The first-order valence-electron chi connectivity index (χ1n) is 9.89. The molecule has 27 heavy (non-hydrogen) atoms. The molecule has 1 atom stereocenters. The van der Waals surface area contributed by atoms with Gasteiger partial charge in [-0.15, -0.1) is 0 Å². The molecule has 0 spiro atoms. The Hall–Kier alpha value is -1.87. The number of amides is 1. The van der Waals surface area contributed by atoms with Crippen molar-refractivity contribution in [2.24, 2.45) is 0 Å². The SMILES string of the molecule is CC(C)(O)C#Cc1cccc(C(=O)N2CCCO[C@@H](CN3CCCC3)C2)c1. The van der Waals surface area contributed by atoms with E-state index in [-0.39, 0.29) is 12.0 Å². The van der Waals surface area contributed by atoms with Crippen LogP contribution < -0.4 is 0 Å². The van der Waals surface area contributed by atoms with Gasteiger partial charge in [0.05, 0.1) is 6.10 Å². The number of nitrogens with zero attached hydrogens (tertiary/aromatic N) is 2. The summed E-state index contributed by atoms with van der Waals surface area (Å²) in [5.74, 6) is 5.77. The first-order chi connectivity index (χ1) is 12.9. The number of aliphatic hydroxyl groups is 1. The first kappa shape index (κ1) is 19.9. The van der Waals surface area contributed by atoms with E-state index < -0.39 is 5.60 Å². The van der Waals surface area contributed by atoms with E-state index in [4.69, 9.17) is 4.74 Å². The van der Waals surface area contributed by atoms with Crippen LogP contribution in [0.25, 0.3) is 0 Å². The molecule has 2 saturated heterocycles. The highest BCUT2D eigenvalue weighted by atomic mass is 16.5. The van der Waals surface area contributed by atoms with Gasteiger partial charge in [0, 0.05) is 37.4 Å². The molecule has 1 aromatic carbocycles. The monoisotopic (exact) mass is 370 g/mol. The fraction of sp³-hybridized carbons (Fsp3) is 0.591. The molecule has 1 N–H and O–H groups in total. The summed E-state index contributed by atoms with van der Waals surface area (Å²) in [6.45, 7) is 8.52. The van der Waals surface area contributed by atoms with E-state index in [1.807, 2.05) is 29.2 Å². The Morgan fingerprint density at radius 1 is 1.26 bits per heavy atom. The zero-order valence-corrected chi connectivity index (χ0v) is 16.4. The second-order valence-electron chi connectivity index (χ2n) is 8.00. The van der Waals surface area contributed by atoms with Gasteiger partial charge in [0.2, 0.25) is 0 Å². The van der Waals surface area contributed by atoms with Crippen LogP contribution in [0, 0.1) is 11.8 Å². The molecule has 2 aliphatic heterocycles.